The first-order valence-corrected chi connectivity index (χ1v) is 4.37. The van der Waals surface area contributed by atoms with Crippen LogP contribution in [-0.2, 0) is 0 Å². The molecule has 0 aliphatic carbocycles. The Hall–Kier alpha value is -1.28. The molecule has 2 N–H and O–H groups in total. The van der Waals surface area contributed by atoms with E-state index >= 15 is 0 Å². The SMILES string of the molecule is Cc1cnc2cccc(Cl)c2c1N. The van der Waals surface area contributed by atoms with Crippen LogP contribution in [0.25, 0.3) is 10.9 Å². The van der Waals surface area contributed by atoms with Crippen LogP contribution in [0.15, 0.2) is 24.4 Å². The van der Waals surface area contributed by atoms with Gasteiger partial charge in [0.15, 0.2) is 0 Å². The van der Waals surface area contributed by atoms with Gasteiger partial charge < -0.3 is 5.73 Å². The van der Waals surface area contributed by atoms with E-state index in [0.717, 1.165) is 22.2 Å². The average Bonchev–Trinajstić information content (AvgIpc) is 2.12. The summed E-state index contributed by atoms with van der Waals surface area (Å²) in [6.07, 6.45) is 1.76. The first-order valence-electron chi connectivity index (χ1n) is 3.99. The fourth-order valence-corrected chi connectivity index (χ4v) is 1.59. The van der Waals surface area contributed by atoms with Crippen LogP contribution in [0.2, 0.25) is 5.02 Å². The van der Waals surface area contributed by atoms with Crippen LogP contribution in [0, 0.1) is 6.92 Å². The molecular formula is C10H9ClN2. The Morgan fingerprint density at radius 1 is 1.38 bits per heavy atom. The Morgan fingerprint density at radius 3 is 2.92 bits per heavy atom. The number of benzene rings is 1. The quantitative estimate of drug-likeness (QED) is 0.697. The Kier molecular flexibility index (Phi) is 1.85. The largest absolute Gasteiger partial charge is 0.398 e. The van der Waals surface area contributed by atoms with Crippen molar-refractivity contribution in [2.24, 2.45) is 0 Å². The van der Waals surface area contributed by atoms with Crippen molar-refractivity contribution in [1.82, 2.24) is 4.98 Å². The highest BCUT2D eigenvalue weighted by Crippen LogP contribution is 2.28. The second kappa shape index (κ2) is 2.89. The number of fused-ring (bicyclic) bond motifs is 1. The van der Waals surface area contributed by atoms with E-state index in [0.29, 0.717) is 5.02 Å². The number of aryl methyl sites for hydroxylation is 1. The molecule has 13 heavy (non-hydrogen) atoms. The zero-order chi connectivity index (χ0) is 9.42. The van der Waals surface area contributed by atoms with Gasteiger partial charge in [0, 0.05) is 17.3 Å². The normalized spacial score (nSPS) is 10.6. The summed E-state index contributed by atoms with van der Waals surface area (Å²) >= 11 is 6.01. The molecular weight excluding hydrogens is 184 g/mol. The number of nitrogen functional groups attached to an aromatic ring is 1. The van der Waals surface area contributed by atoms with Crippen molar-refractivity contribution in [2.45, 2.75) is 6.92 Å². The number of rotatable bonds is 0. The lowest BCUT2D eigenvalue weighted by Gasteiger charge is -2.05. The number of pyridine rings is 1. The molecule has 0 amide bonds. The molecule has 2 nitrogen and oxygen atoms in total. The maximum Gasteiger partial charge on any atom is 0.0737 e. The highest BCUT2D eigenvalue weighted by atomic mass is 35.5. The number of hydrogen-bond acceptors (Lipinski definition) is 2. The van der Waals surface area contributed by atoms with Gasteiger partial charge in [0.25, 0.3) is 0 Å². The van der Waals surface area contributed by atoms with E-state index in [1.807, 2.05) is 25.1 Å². The predicted octanol–water partition coefficient (Wildman–Crippen LogP) is 2.78. The number of nitrogens with two attached hydrogens (primary N) is 1. The van der Waals surface area contributed by atoms with Gasteiger partial charge in [-0.2, -0.15) is 0 Å². The summed E-state index contributed by atoms with van der Waals surface area (Å²) < 4.78 is 0. The van der Waals surface area contributed by atoms with Crippen molar-refractivity contribution in [3.8, 4) is 0 Å². The van der Waals surface area contributed by atoms with Crippen LogP contribution in [0.4, 0.5) is 5.69 Å². The highest BCUT2D eigenvalue weighted by molar-refractivity contribution is 6.36. The van der Waals surface area contributed by atoms with E-state index < -0.39 is 0 Å². The van der Waals surface area contributed by atoms with Gasteiger partial charge in [0.2, 0.25) is 0 Å². The summed E-state index contributed by atoms with van der Waals surface area (Å²) in [5.41, 5.74) is 8.41. The molecule has 0 radical (unpaired) electrons. The van der Waals surface area contributed by atoms with Crippen molar-refractivity contribution < 1.29 is 0 Å². The summed E-state index contributed by atoms with van der Waals surface area (Å²) in [5.74, 6) is 0. The van der Waals surface area contributed by atoms with E-state index in [9.17, 15) is 0 Å². The van der Waals surface area contributed by atoms with Crippen molar-refractivity contribution in [3.05, 3.63) is 35.0 Å². The van der Waals surface area contributed by atoms with Crippen LogP contribution >= 0.6 is 11.6 Å². The monoisotopic (exact) mass is 192 g/mol. The molecule has 0 unspecified atom stereocenters. The molecule has 0 bridgehead atoms. The van der Waals surface area contributed by atoms with E-state index in [-0.39, 0.29) is 0 Å². The Labute approximate surface area is 81.3 Å². The lowest BCUT2D eigenvalue weighted by atomic mass is 10.1. The fraction of sp³-hybridized carbons (Fsp3) is 0.100. The maximum absolute atomic E-state index is 6.01. The minimum Gasteiger partial charge on any atom is -0.398 e. The van der Waals surface area contributed by atoms with Crippen molar-refractivity contribution in [1.29, 1.82) is 0 Å². The van der Waals surface area contributed by atoms with E-state index in [4.69, 9.17) is 17.3 Å². The van der Waals surface area contributed by atoms with Crippen molar-refractivity contribution in [3.63, 3.8) is 0 Å². The third kappa shape index (κ3) is 1.23. The van der Waals surface area contributed by atoms with Gasteiger partial charge in [0.05, 0.1) is 10.5 Å². The fourth-order valence-electron chi connectivity index (χ4n) is 1.32. The predicted molar refractivity (Wildman–Crippen MR) is 55.9 cm³/mol. The Balaban J connectivity index is 2.97. The summed E-state index contributed by atoms with van der Waals surface area (Å²) in [5, 5.41) is 1.51. The maximum atomic E-state index is 6.01. The second-order valence-corrected chi connectivity index (χ2v) is 3.40. The smallest absolute Gasteiger partial charge is 0.0737 e. The van der Waals surface area contributed by atoms with E-state index in [1.165, 1.54) is 0 Å². The highest BCUT2D eigenvalue weighted by Gasteiger charge is 2.05. The third-order valence-corrected chi connectivity index (χ3v) is 2.40. The third-order valence-electron chi connectivity index (χ3n) is 2.08. The first-order chi connectivity index (χ1) is 6.20. The molecule has 2 aromatic rings. The molecule has 0 aliphatic heterocycles. The first kappa shape index (κ1) is 8.32. The van der Waals surface area contributed by atoms with Crippen LogP contribution in [0.5, 0.6) is 0 Å². The topological polar surface area (TPSA) is 38.9 Å². The second-order valence-electron chi connectivity index (χ2n) is 2.99. The molecule has 0 saturated heterocycles. The van der Waals surface area contributed by atoms with Crippen LogP contribution in [-0.4, -0.2) is 4.98 Å². The summed E-state index contributed by atoms with van der Waals surface area (Å²) in [4.78, 5) is 4.24. The van der Waals surface area contributed by atoms with Gasteiger partial charge in [-0.3, -0.25) is 4.98 Å². The molecule has 1 aromatic heterocycles. The van der Waals surface area contributed by atoms with Gasteiger partial charge in [-0.15, -0.1) is 0 Å². The standard InChI is InChI=1S/C10H9ClN2/c1-6-5-13-8-4-2-3-7(11)9(8)10(6)12/h2-5H,1H3,(H2,12,13). The van der Waals surface area contributed by atoms with Gasteiger partial charge in [-0.25, -0.2) is 0 Å². The lowest BCUT2D eigenvalue weighted by Crippen LogP contribution is -1.93. The number of aromatic nitrogens is 1. The van der Waals surface area contributed by atoms with E-state index in [2.05, 4.69) is 4.98 Å². The number of anilines is 1. The number of nitrogens with zero attached hydrogens (tertiary/aromatic N) is 1. The minimum atomic E-state index is 0.659. The van der Waals surface area contributed by atoms with Gasteiger partial charge in [0.1, 0.15) is 0 Å². The summed E-state index contributed by atoms with van der Waals surface area (Å²) in [6.45, 7) is 1.92. The van der Waals surface area contributed by atoms with Crippen molar-refractivity contribution in [2.75, 3.05) is 5.73 Å². The van der Waals surface area contributed by atoms with Crippen LogP contribution in [0.3, 0.4) is 0 Å². The molecule has 0 saturated carbocycles. The van der Waals surface area contributed by atoms with Crippen LogP contribution in [0.1, 0.15) is 5.56 Å². The number of halogens is 1. The Morgan fingerprint density at radius 2 is 2.15 bits per heavy atom. The molecule has 2 rings (SSSR count). The minimum absolute atomic E-state index is 0.659. The summed E-state index contributed by atoms with van der Waals surface area (Å²) in [6, 6.07) is 5.59. The van der Waals surface area contributed by atoms with Gasteiger partial charge >= 0.3 is 0 Å². The molecule has 3 heteroatoms. The van der Waals surface area contributed by atoms with Gasteiger partial charge in [-0.05, 0) is 24.6 Å². The molecule has 66 valence electrons. The van der Waals surface area contributed by atoms with Crippen molar-refractivity contribution >= 4 is 28.2 Å². The lowest BCUT2D eigenvalue weighted by molar-refractivity contribution is 1.34. The van der Waals surface area contributed by atoms with Crippen LogP contribution < -0.4 is 5.73 Å². The zero-order valence-corrected chi connectivity index (χ0v) is 7.97. The molecule has 1 aromatic carbocycles. The number of hydrogen-bond donors (Lipinski definition) is 1. The average molecular weight is 193 g/mol. The molecule has 0 aliphatic rings. The molecule has 0 fully saturated rings. The van der Waals surface area contributed by atoms with Gasteiger partial charge in [-0.1, -0.05) is 17.7 Å². The Bertz CT molecular complexity index is 466. The molecule has 0 spiro atoms. The summed E-state index contributed by atoms with van der Waals surface area (Å²) in [7, 11) is 0. The molecule has 1 heterocycles. The zero-order valence-electron chi connectivity index (χ0n) is 7.21. The van der Waals surface area contributed by atoms with E-state index in [1.54, 1.807) is 6.20 Å². The molecule has 0 atom stereocenters.